The molecular formula is C17H19NO. The summed E-state index contributed by atoms with van der Waals surface area (Å²) in [5.74, 6) is 0. The van der Waals surface area contributed by atoms with E-state index in [9.17, 15) is 0 Å². The highest BCUT2D eigenvalue weighted by atomic mass is 16.6. The molecule has 19 heavy (non-hydrogen) atoms. The fourth-order valence-corrected chi connectivity index (χ4v) is 1.79. The molecule has 0 N–H and O–H groups in total. The smallest absolute Gasteiger partial charge is 0.142 e. The molecule has 2 aromatic rings. The highest BCUT2D eigenvalue weighted by Gasteiger charge is 1.93. The average molecular weight is 253 g/mol. The van der Waals surface area contributed by atoms with E-state index in [-0.39, 0.29) is 0 Å². The summed E-state index contributed by atoms with van der Waals surface area (Å²) in [5.41, 5.74) is 4.76. The molecule has 0 radical (unpaired) electrons. The fraction of sp³-hybridized carbons (Fsp3) is 0.235. The normalized spacial score (nSPS) is 10.8. The third kappa shape index (κ3) is 4.25. The molecule has 0 heterocycles. The summed E-state index contributed by atoms with van der Waals surface area (Å²) in [7, 11) is 0. The first-order valence-corrected chi connectivity index (χ1v) is 6.58. The summed E-state index contributed by atoms with van der Waals surface area (Å²) in [6.07, 6.45) is 2.79. The van der Waals surface area contributed by atoms with Crippen molar-refractivity contribution in [2.24, 2.45) is 5.16 Å². The first-order chi connectivity index (χ1) is 9.28. The van der Waals surface area contributed by atoms with Gasteiger partial charge < -0.3 is 4.84 Å². The molecule has 0 amide bonds. The van der Waals surface area contributed by atoms with Crippen molar-refractivity contribution in [3.63, 3.8) is 0 Å². The van der Waals surface area contributed by atoms with Gasteiger partial charge in [0.1, 0.15) is 6.61 Å². The van der Waals surface area contributed by atoms with Crippen LogP contribution < -0.4 is 0 Å². The molecule has 98 valence electrons. The molecule has 2 heteroatoms. The summed E-state index contributed by atoms with van der Waals surface area (Å²) in [6.45, 7) is 4.72. The Hall–Kier alpha value is -2.09. The lowest BCUT2D eigenvalue weighted by Gasteiger charge is -2.01. The van der Waals surface area contributed by atoms with Crippen LogP contribution in [-0.4, -0.2) is 6.21 Å². The van der Waals surface area contributed by atoms with Crippen LogP contribution in [0.4, 0.5) is 0 Å². The Morgan fingerprint density at radius 3 is 2.58 bits per heavy atom. The zero-order valence-electron chi connectivity index (χ0n) is 11.5. The van der Waals surface area contributed by atoms with Crippen molar-refractivity contribution < 1.29 is 4.84 Å². The predicted octanol–water partition coefficient (Wildman–Crippen LogP) is 4.11. The Morgan fingerprint density at radius 1 is 1.05 bits per heavy atom. The Kier molecular flexibility index (Phi) is 4.73. The zero-order valence-corrected chi connectivity index (χ0v) is 11.5. The van der Waals surface area contributed by atoms with Gasteiger partial charge in [-0.1, -0.05) is 66.2 Å². The van der Waals surface area contributed by atoms with Crippen LogP contribution in [0.3, 0.4) is 0 Å². The molecule has 0 unspecified atom stereocenters. The van der Waals surface area contributed by atoms with Gasteiger partial charge in [0.25, 0.3) is 0 Å². The van der Waals surface area contributed by atoms with Crippen LogP contribution in [0, 0.1) is 6.92 Å². The molecule has 0 aliphatic rings. The molecular weight excluding hydrogens is 234 g/mol. The lowest BCUT2D eigenvalue weighted by Crippen LogP contribution is -1.89. The van der Waals surface area contributed by atoms with Crippen LogP contribution in [0.25, 0.3) is 0 Å². The van der Waals surface area contributed by atoms with Gasteiger partial charge in [-0.25, -0.2) is 0 Å². The van der Waals surface area contributed by atoms with Crippen LogP contribution in [0.1, 0.15) is 29.2 Å². The molecule has 0 aromatic heterocycles. The monoisotopic (exact) mass is 253 g/mol. The van der Waals surface area contributed by atoms with Gasteiger partial charge in [0.2, 0.25) is 0 Å². The Labute approximate surface area is 114 Å². The van der Waals surface area contributed by atoms with Gasteiger partial charge in [-0.2, -0.15) is 0 Å². The third-order valence-electron chi connectivity index (χ3n) is 2.99. The van der Waals surface area contributed by atoms with E-state index < -0.39 is 0 Å². The fourth-order valence-electron chi connectivity index (χ4n) is 1.79. The molecule has 2 aromatic carbocycles. The van der Waals surface area contributed by atoms with Crippen LogP contribution in [-0.2, 0) is 17.9 Å². The molecule has 0 spiro atoms. The molecule has 0 aliphatic heterocycles. The molecule has 0 saturated heterocycles. The number of hydrogen-bond donors (Lipinski definition) is 0. The van der Waals surface area contributed by atoms with E-state index in [0.717, 1.165) is 17.5 Å². The van der Waals surface area contributed by atoms with E-state index in [1.807, 2.05) is 12.1 Å². The van der Waals surface area contributed by atoms with Gasteiger partial charge in [-0.05, 0) is 30.0 Å². The Bertz CT molecular complexity index is 543. The molecule has 0 atom stereocenters. The molecule has 0 bridgehead atoms. The number of oxime groups is 1. The van der Waals surface area contributed by atoms with Gasteiger partial charge in [0.05, 0.1) is 6.21 Å². The molecule has 2 rings (SSSR count). The minimum absolute atomic E-state index is 0.504. The van der Waals surface area contributed by atoms with E-state index in [1.165, 1.54) is 11.1 Å². The van der Waals surface area contributed by atoms with E-state index >= 15 is 0 Å². The Balaban J connectivity index is 1.87. The summed E-state index contributed by atoms with van der Waals surface area (Å²) in [6, 6.07) is 16.6. The quantitative estimate of drug-likeness (QED) is 0.580. The first-order valence-electron chi connectivity index (χ1n) is 6.58. The van der Waals surface area contributed by atoms with Crippen LogP contribution in [0.15, 0.2) is 53.7 Å². The van der Waals surface area contributed by atoms with Gasteiger partial charge in [0, 0.05) is 0 Å². The van der Waals surface area contributed by atoms with Crippen molar-refractivity contribution in [3.05, 3.63) is 70.8 Å². The first kappa shape index (κ1) is 13.3. The van der Waals surface area contributed by atoms with Crippen LogP contribution >= 0.6 is 0 Å². The van der Waals surface area contributed by atoms with Crippen molar-refractivity contribution in [3.8, 4) is 0 Å². The van der Waals surface area contributed by atoms with Crippen molar-refractivity contribution in [1.29, 1.82) is 0 Å². The maximum atomic E-state index is 5.31. The molecule has 2 nitrogen and oxygen atoms in total. The zero-order chi connectivity index (χ0) is 13.5. The summed E-state index contributed by atoms with van der Waals surface area (Å²) in [4.78, 5) is 5.31. The number of nitrogens with zero attached hydrogens (tertiary/aromatic N) is 1. The highest BCUT2D eigenvalue weighted by Crippen LogP contribution is 2.06. The van der Waals surface area contributed by atoms with Crippen molar-refractivity contribution in [1.82, 2.24) is 0 Å². The highest BCUT2D eigenvalue weighted by molar-refractivity contribution is 5.79. The van der Waals surface area contributed by atoms with E-state index in [1.54, 1.807) is 6.21 Å². The van der Waals surface area contributed by atoms with Gasteiger partial charge in [0.15, 0.2) is 0 Å². The van der Waals surface area contributed by atoms with E-state index in [0.29, 0.717) is 6.61 Å². The number of aryl methyl sites for hydroxylation is 2. The summed E-state index contributed by atoms with van der Waals surface area (Å²) >= 11 is 0. The minimum Gasteiger partial charge on any atom is -0.391 e. The molecule has 0 fully saturated rings. The van der Waals surface area contributed by atoms with Gasteiger partial charge >= 0.3 is 0 Å². The summed E-state index contributed by atoms with van der Waals surface area (Å²) < 4.78 is 0. The predicted molar refractivity (Wildman–Crippen MR) is 79.4 cm³/mol. The molecule has 0 aliphatic carbocycles. The standard InChI is InChI=1S/C17H19NO/c1-3-15-5-4-6-17(11-15)12-18-19-13-16-9-7-14(2)8-10-16/h4-12H,3,13H2,1-2H3. The maximum absolute atomic E-state index is 5.31. The number of benzene rings is 2. The van der Waals surface area contributed by atoms with Crippen LogP contribution in [0.5, 0.6) is 0 Å². The molecule has 0 saturated carbocycles. The largest absolute Gasteiger partial charge is 0.391 e. The van der Waals surface area contributed by atoms with E-state index in [4.69, 9.17) is 4.84 Å². The number of rotatable bonds is 5. The second-order valence-corrected chi connectivity index (χ2v) is 4.59. The second-order valence-electron chi connectivity index (χ2n) is 4.59. The van der Waals surface area contributed by atoms with E-state index in [2.05, 4.69) is 55.4 Å². The van der Waals surface area contributed by atoms with Crippen molar-refractivity contribution in [2.75, 3.05) is 0 Å². The SMILES string of the molecule is CCc1cccc(C=NOCc2ccc(C)cc2)c1. The van der Waals surface area contributed by atoms with Crippen molar-refractivity contribution in [2.45, 2.75) is 26.9 Å². The lowest BCUT2D eigenvalue weighted by atomic mass is 10.1. The Morgan fingerprint density at radius 2 is 1.84 bits per heavy atom. The third-order valence-corrected chi connectivity index (χ3v) is 2.99. The van der Waals surface area contributed by atoms with Crippen molar-refractivity contribution >= 4 is 6.21 Å². The lowest BCUT2D eigenvalue weighted by molar-refractivity contribution is 0.132. The summed E-state index contributed by atoms with van der Waals surface area (Å²) in [5, 5.41) is 4.01. The second kappa shape index (κ2) is 6.74. The van der Waals surface area contributed by atoms with Gasteiger partial charge in [-0.15, -0.1) is 0 Å². The minimum atomic E-state index is 0.504. The topological polar surface area (TPSA) is 21.6 Å². The van der Waals surface area contributed by atoms with Gasteiger partial charge in [-0.3, -0.25) is 0 Å². The number of hydrogen-bond acceptors (Lipinski definition) is 2. The van der Waals surface area contributed by atoms with Crippen LogP contribution in [0.2, 0.25) is 0 Å². The average Bonchev–Trinajstić information content (AvgIpc) is 2.46. The maximum Gasteiger partial charge on any atom is 0.142 e.